The van der Waals surface area contributed by atoms with Gasteiger partial charge in [0.2, 0.25) is 0 Å². The number of hydrogen-bond donors (Lipinski definition) is 0. The van der Waals surface area contributed by atoms with Crippen LogP contribution < -0.4 is 0 Å². The number of nitrogens with zero attached hydrogens (tertiary/aromatic N) is 1. The molecule has 0 radical (unpaired) electrons. The van der Waals surface area contributed by atoms with E-state index in [4.69, 9.17) is 0 Å². The molecule has 2 aromatic carbocycles. The summed E-state index contributed by atoms with van der Waals surface area (Å²) in [5, 5.41) is 3.86. The molecule has 2 aromatic heterocycles. The summed E-state index contributed by atoms with van der Waals surface area (Å²) in [6.45, 7) is 0. The molecule has 0 N–H and O–H groups in total. The van der Waals surface area contributed by atoms with Gasteiger partial charge in [-0.15, -0.1) is 22.7 Å². The molecule has 0 bridgehead atoms. The SMILES string of the molecule is O=C(Cc1csc2ccccc12)c1nc2ccccc2s1. The molecule has 0 unspecified atom stereocenters. The third-order valence-electron chi connectivity index (χ3n) is 3.44. The number of carbonyl (C=O) groups is 1. The summed E-state index contributed by atoms with van der Waals surface area (Å²) >= 11 is 3.16. The van der Waals surface area contributed by atoms with E-state index in [1.54, 1.807) is 11.3 Å². The van der Waals surface area contributed by atoms with Crippen molar-refractivity contribution in [3.05, 3.63) is 64.5 Å². The zero-order chi connectivity index (χ0) is 14.2. The number of thiazole rings is 1. The van der Waals surface area contributed by atoms with Crippen LogP contribution in [0.15, 0.2) is 53.9 Å². The van der Waals surface area contributed by atoms with E-state index < -0.39 is 0 Å². The first-order valence-corrected chi connectivity index (χ1v) is 8.35. The third kappa shape index (κ3) is 2.26. The molecule has 0 saturated carbocycles. The highest BCUT2D eigenvalue weighted by atomic mass is 32.1. The van der Waals surface area contributed by atoms with Gasteiger partial charge in [0.15, 0.2) is 10.8 Å². The second-order valence-corrected chi connectivity index (χ2v) is 6.79. The Kier molecular flexibility index (Phi) is 3.05. The monoisotopic (exact) mass is 309 g/mol. The van der Waals surface area contributed by atoms with Gasteiger partial charge in [0.25, 0.3) is 0 Å². The zero-order valence-electron chi connectivity index (χ0n) is 11.1. The van der Waals surface area contributed by atoms with Crippen molar-refractivity contribution in [3.8, 4) is 0 Å². The van der Waals surface area contributed by atoms with Crippen molar-refractivity contribution in [3.63, 3.8) is 0 Å². The minimum atomic E-state index is 0.0970. The fourth-order valence-corrected chi connectivity index (χ4v) is 4.28. The molecule has 4 heteroatoms. The van der Waals surface area contributed by atoms with Gasteiger partial charge in [-0.25, -0.2) is 4.98 Å². The maximum atomic E-state index is 12.5. The molecule has 0 spiro atoms. The molecule has 0 saturated heterocycles. The Morgan fingerprint density at radius 2 is 1.76 bits per heavy atom. The van der Waals surface area contributed by atoms with Crippen LogP contribution in [0.5, 0.6) is 0 Å². The molecule has 0 fully saturated rings. The molecule has 102 valence electrons. The molecule has 4 rings (SSSR count). The summed E-state index contributed by atoms with van der Waals surface area (Å²) in [6.07, 6.45) is 0.420. The Balaban J connectivity index is 1.69. The number of benzene rings is 2. The Morgan fingerprint density at radius 1 is 1.00 bits per heavy atom. The summed E-state index contributed by atoms with van der Waals surface area (Å²) in [4.78, 5) is 16.9. The van der Waals surface area contributed by atoms with Crippen LogP contribution in [0.2, 0.25) is 0 Å². The molecular formula is C17H11NOS2. The highest BCUT2D eigenvalue weighted by Gasteiger charge is 2.14. The minimum absolute atomic E-state index is 0.0970. The second-order valence-electron chi connectivity index (χ2n) is 4.84. The van der Waals surface area contributed by atoms with Crippen molar-refractivity contribution < 1.29 is 4.79 Å². The van der Waals surface area contributed by atoms with Crippen LogP contribution in [0, 0.1) is 0 Å². The molecule has 2 nitrogen and oxygen atoms in total. The van der Waals surface area contributed by atoms with Gasteiger partial charge in [-0.05, 0) is 34.5 Å². The van der Waals surface area contributed by atoms with Crippen LogP contribution in [0.25, 0.3) is 20.3 Å². The van der Waals surface area contributed by atoms with Crippen LogP contribution in [-0.2, 0) is 6.42 Å². The van der Waals surface area contributed by atoms with Gasteiger partial charge in [-0.1, -0.05) is 30.3 Å². The van der Waals surface area contributed by atoms with Gasteiger partial charge in [0.1, 0.15) is 0 Å². The first-order chi connectivity index (χ1) is 10.3. The number of Topliss-reactive ketones (excluding diaryl/α,β-unsaturated/α-hetero) is 1. The Labute approximate surface area is 129 Å². The van der Waals surface area contributed by atoms with Crippen LogP contribution in [0.4, 0.5) is 0 Å². The van der Waals surface area contributed by atoms with E-state index in [1.807, 2.05) is 36.4 Å². The summed E-state index contributed by atoms with van der Waals surface area (Å²) in [5.41, 5.74) is 2.00. The number of carbonyl (C=O) groups excluding carboxylic acids is 1. The Bertz CT molecular complexity index is 918. The lowest BCUT2D eigenvalue weighted by Gasteiger charge is -1.96. The molecule has 0 atom stereocenters. The lowest BCUT2D eigenvalue weighted by molar-refractivity contribution is 0.0993. The van der Waals surface area contributed by atoms with Gasteiger partial charge in [-0.3, -0.25) is 4.79 Å². The van der Waals surface area contributed by atoms with Crippen LogP contribution in [-0.4, -0.2) is 10.8 Å². The molecular weight excluding hydrogens is 298 g/mol. The topological polar surface area (TPSA) is 30.0 Å². The Hall–Kier alpha value is -2.04. The molecule has 0 amide bonds. The first kappa shape index (κ1) is 12.7. The lowest BCUT2D eigenvalue weighted by Crippen LogP contribution is -2.02. The largest absolute Gasteiger partial charge is 0.291 e. The number of thiophene rings is 1. The van der Waals surface area contributed by atoms with Gasteiger partial charge >= 0.3 is 0 Å². The predicted molar refractivity (Wildman–Crippen MR) is 89.5 cm³/mol. The van der Waals surface area contributed by atoms with Crippen molar-refractivity contribution in [2.24, 2.45) is 0 Å². The van der Waals surface area contributed by atoms with Crippen molar-refractivity contribution in [2.75, 3.05) is 0 Å². The normalized spacial score (nSPS) is 11.2. The van der Waals surface area contributed by atoms with Crippen molar-refractivity contribution in [2.45, 2.75) is 6.42 Å². The summed E-state index contributed by atoms with van der Waals surface area (Å²) in [6, 6.07) is 16.1. The first-order valence-electron chi connectivity index (χ1n) is 6.65. The van der Waals surface area contributed by atoms with E-state index in [2.05, 4.69) is 22.5 Å². The number of hydrogen-bond acceptors (Lipinski definition) is 4. The summed E-state index contributed by atoms with van der Waals surface area (Å²) in [5.74, 6) is 0.0970. The quantitative estimate of drug-likeness (QED) is 0.502. The van der Waals surface area contributed by atoms with Crippen LogP contribution in [0.3, 0.4) is 0 Å². The molecule has 0 aliphatic heterocycles. The average Bonchev–Trinajstić information content (AvgIpc) is 3.11. The van der Waals surface area contributed by atoms with Crippen molar-refractivity contribution in [1.29, 1.82) is 0 Å². The average molecular weight is 309 g/mol. The van der Waals surface area contributed by atoms with Crippen LogP contribution >= 0.6 is 22.7 Å². The van der Waals surface area contributed by atoms with E-state index in [-0.39, 0.29) is 5.78 Å². The van der Waals surface area contributed by atoms with Gasteiger partial charge in [0, 0.05) is 11.1 Å². The van der Waals surface area contributed by atoms with Gasteiger partial charge < -0.3 is 0 Å². The van der Waals surface area contributed by atoms with E-state index in [9.17, 15) is 4.79 Å². The van der Waals surface area contributed by atoms with Gasteiger partial charge in [-0.2, -0.15) is 0 Å². The Morgan fingerprint density at radius 3 is 2.62 bits per heavy atom. The molecule has 4 aromatic rings. The van der Waals surface area contributed by atoms with Crippen molar-refractivity contribution >= 4 is 48.8 Å². The van der Waals surface area contributed by atoms with E-state index in [1.165, 1.54) is 21.4 Å². The fourth-order valence-electron chi connectivity index (χ4n) is 2.41. The molecule has 2 heterocycles. The molecule has 0 aliphatic carbocycles. The van der Waals surface area contributed by atoms with Crippen molar-refractivity contribution in [1.82, 2.24) is 4.98 Å². The highest BCUT2D eigenvalue weighted by Crippen LogP contribution is 2.28. The number of ketones is 1. The van der Waals surface area contributed by atoms with Crippen LogP contribution in [0.1, 0.15) is 15.4 Å². The molecule has 0 aliphatic rings. The lowest BCUT2D eigenvalue weighted by atomic mass is 10.1. The number of para-hydroxylation sites is 1. The number of rotatable bonds is 3. The highest BCUT2D eigenvalue weighted by molar-refractivity contribution is 7.20. The maximum absolute atomic E-state index is 12.5. The molecule has 21 heavy (non-hydrogen) atoms. The zero-order valence-corrected chi connectivity index (χ0v) is 12.7. The number of fused-ring (bicyclic) bond motifs is 2. The van der Waals surface area contributed by atoms with E-state index in [0.717, 1.165) is 15.8 Å². The standard InChI is InChI=1S/C17H11NOS2/c19-14(17-18-13-6-2-4-8-16(13)21-17)9-11-10-20-15-7-3-1-5-12(11)15/h1-8,10H,9H2. The maximum Gasteiger partial charge on any atom is 0.195 e. The predicted octanol–water partition coefficient (Wildman–Crippen LogP) is 4.94. The van der Waals surface area contributed by atoms with Gasteiger partial charge in [0.05, 0.1) is 10.2 Å². The second kappa shape index (κ2) is 5.06. The fraction of sp³-hybridized carbons (Fsp3) is 0.0588. The smallest absolute Gasteiger partial charge is 0.195 e. The van der Waals surface area contributed by atoms with E-state index >= 15 is 0 Å². The summed E-state index contributed by atoms with van der Waals surface area (Å²) < 4.78 is 2.29. The number of aromatic nitrogens is 1. The van der Waals surface area contributed by atoms with E-state index in [0.29, 0.717) is 11.4 Å². The summed E-state index contributed by atoms with van der Waals surface area (Å²) in [7, 11) is 0. The third-order valence-corrected chi connectivity index (χ3v) is 5.53. The minimum Gasteiger partial charge on any atom is -0.291 e.